The Bertz CT molecular complexity index is 311. The predicted octanol–water partition coefficient (Wildman–Crippen LogP) is 1.57. The first kappa shape index (κ1) is 13.1. The fraction of sp³-hybridized carbons (Fsp3) is 0.583. The van der Waals surface area contributed by atoms with E-state index in [0.717, 1.165) is 11.3 Å². The molecule has 16 heavy (non-hydrogen) atoms. The summed E-state index contributed by atoms with van der Waals surface area (Å²) in [5.41, 5.74) is 4.85. The van der Waals surface area contributed by atoms with Gasteiger partial charge >= 0.3 is 0 Å². The first-order chi connectivity index (χ1) is 7.60. The molecule has 2 atom stereocenters. The largest absolute Gasteiger partial charge is 0.379 e. The lowest BCUT2D eigenvalue weighted by Gasteiger charge is -2.28. The van der Waals surface area contributed by atoms with Crippen LogP contribution >= 0.6 is 0 Å². The highest BCUT2D eigenvalue weighted by molar-refractivity contribution is 5.18. The van der Waals surface area contributed by atoms with Crippen LogP contribution in [0.3, 0.4) is 0 Å². The van der Waals surface area contributed by atoms with Crippen LogP contribution < -0.4 is 11.3 Å². The van der Waals surface area contributed by atoms with Crippen molar-refractivity contribution in [1.82, 2.24) is 10.4 Å². The normalized spacial score (nSPS) is 15.1. The van der Waals surface area contributed by atoms with Gasteiger partial charge in [-0.1, -0.05) is 19.9 Å². The molecular formula is C12H21N3O. The lowest BCUT2D eigenvalue weighted by Crippen LogP contribution is -2.40. The van der Waals surface area contributed by atoms with Crippen LogP contribution in [0.15, 0.2) is 18.3 Å². The molecule has 0 aliphatic heterocycles. The van der Waals surface area contributed by atoms with Crippen LogP contribution in [0.25, 0.3) is 0 Å². The molecule has 0 saturated carbocycles. The van der Waals surface area contributed by atoms with Crippen LogP contribution in [0, 0.1) is 12.8 Å². The minimum Gasteiger partial charge on any atom is -0.379 e. The second kappa shape index (κ2) is 5.94. The molecule has 4 heteroatoms. The van der Waals surface area contributed by atoms with Crippen molar-refractivity contribution in [1.29, 1.82) is 0 Å². The fourth-order valence-electron chi connectivity index (χ4n) is 1.84. The van der Waals surface area contributed by atoms with Gasteiger partial charge in [-0.15, -0.1) is 0 Å². The van der Waals surface area contributed by atoms with E-state index in [1.807, 2.05) is 25.3 Å². The fourth-order valence-corrected chi connectivity index (χ4v) is 1.84. The lowest BCUT2D eigenvalue weighted by atomic mass is 9.95. The molecule has 0 aromatic carbocycles. The van der Waals surface area contributed by atoms with Crippen molar-refractivity contribution in [2.45, 2.75) is 32.9 Å². The Balaban J connectivity index is 2.92. The van der Waals surface area contributed by atoms with Crippen molar-refractivity contribution in [2.24, 2.45) is 11.8 Å². The van der Waals surface area contributed by atoms with Gasteiger partial charge < -0.3 is 4.74 Å². The first-order valence-electron chi connectivity index (χ1n) is 5.51. The van der Waals surface area contributed by atoms with E-state index in [1.165, 1.54) is 0 Å². The summed E-state index contributed by atoms with van der Waals surface area (Å²) in [6.07, 6.45) is 1.88. The van der Waals surface area contributed by atoms with E-state index >= 15 is 0 Å². The maximum absolute atomic E-state index is 5.60. The number of pyridine rings is 1. The molecule has 1 aromatic heterocycles. The number of aromatic nitrogens is 1. The molecule has 90 valence electrons. The summed E-state index contributed by atoms with van der Waals surface area (Å²) >= 11 is 0. The van der Waals surface area contributed by atoms with Gasteiger partial charge in [-0.05, 0) is 24.5 Å². The lowest BCUT2D eigenvalue weighted by molar-refractivity contribution is 0.0325. The second-order valence-electron chi connectivity index (χ2n) is 4.32. The monoisotopic (exact) mass is 223 g/mol. The molecule has 1 rings (SSSR count). The van der Waals surface area contributed by atoms with E-state index in [2.05, 4.69) is 24.3 Å². The molecule has 0 aliphatic carbocycles. The number of aryl methyl sites for hydroxylation is 1. The van der Waals surface area contributed by atoms with Crippen LogP contribution in [0.2, 0.25) is 0 Å². The Morgan fingerprint density at radius 2 is 2.06 bits per heavy atom. The van der Waals surface area contributed by atoms with E-state index in [1.54, 1.807) is 7.11 Å². The van der Waals surface area contributed by atoms with E-state index in [4.69, 9.17) is 10.6 Å². The number of nitrogens with one attached hydrogen (secondary N) is 1. The topological polar surface area (TPSA) is 60.2 Å². The van der Waals surface area contributed by atoms with Crippen LogP contribution in [0.5, 0.6) is 0 Å². The van der Waals surface area contributed by atoms with Crippen molar-refractivity contribution in [3.8, 4) is 0 Å². The molecular weight excluding hydrogens is 202 g/mol. The van der Waals surface area contributed by atoms with Gasteiger partial charge in [0.2, 0.25) is 0 Å². The van der Waals surface area contributed by atoms with Crippen LogP contribution in [0.4, 0.5) is 0 Å². The number of hydrazine groups is 1. The Hall–Kier alpha value is -0.970. The average Bonchev–Trinajstić information content (AvgIpc) is 2.26. The summed E-state index contributed by atoms with van der Waals surface area (Å²) in [7, 11) is 1.70. The summed E-state index contributed by atoms with van der Waals surface area (Å²) < 4.78 is 5.48. The summed E-state index contributed by atoms with van der Waals surface area (Å²) in [6.45, 7) is 6.19. The quantitative estimate of drug-likeness (QED) is 0.587. The number of rotatable bonds is 5. The SMILES string of the molecule is COC(C(C)C)C(NN)c1ccc(C)nc1. The molecule has 0 fully saturated rings. The van der Waals surface area contributed by atoms with Crippen molar-refractivity contribution in [3.05, 3.63) is 29.6 Å². The summed E-state index contributed by atoms with van der Waals surface area (Å²) in [6, 6.07) is 3.98. The van der Waals surface area contributed by atoms with E-state index < -0.39 is 0 Å². The zero-order chi connectivity index (χ0) is 12.1. The number of nitrogens with two attached hydrogens (primary N) is 1. The molecule has 0 radical (unpaired) electrons. The molecule has 0 aliphatic rings. The minimum atomic E-state index is -0.0295. The highest BCUT2D eigenvalue weighted by Crippen LogP contribution is 2.23. The molecule has 4 nitrogen and oxygen atoms in total. The van der Waals surface area contributed by atoms with Gasteiger partial charge in [-0.25, -0.2) is 0 Å². The van der Waals surface area contributed by atoms with Crippen LogP contribution in [-0.4, -0.2) is 18.2 Å². The third kappa shape index (κ3) is 3.01. The van der Waals surface area contributed by atoms with Crippen LogP contribution in [0.1, 0.15) is 31.1 Å². The smallest absolute Gasteiger partial charge is 0.0802 e. The molecule has 0 spiro atoms. The van der Waals surface area contributed by atoms with Crippen molar-refractivity contribution in [2.75, 3.05) is 7.11 Å². The van der Waals surface area contributed by atoms with Crippen molar-refractivity contribution in [3.63, 3.8) is 0 Å². The second-order valence-corrected chi connectivity index (χ2v) is 4.32. The standard InChI is InChI=1S/C12H21N3O/c1-8(2)12(16-4)11(15-13)10-6-5-9(3)14-7-10/h5-8,11-12,15H,13H2,1-4H3. The van der Waals surface area contributed by atoms with Gasteiger partial charge in [0.05, 0.1) is 12.1 Å². The van der Waals surface area contributed by atoms with Crippen molar-refractivity contribution >= 4 is 0 Å². The highest BCUT2D eigenvalue weighted by atomic mass is 16.5. The number of hydrogen-bond donors (Lipinski definition) is 2. The number of methoxy groups -OCH3 is 1. The molecule has 2 unspecified atom stereocenters. The number of hydrogen-bond acceptors (Lipinski definition) is 4. The predicted molar refractivity (Wildman–Crippen MR) is 64.7 cm³/mol. The Morgan fingerprint density at radius 3 is 2.44 bits per heavy atom. The third-order valence-electron chi connectivity index (χ3n) is 2.73. The number of ether oxygens (including phenoxy) is 1. The molecule has 3 N–H and O–H groups in total. The minimum absolute atomic E-state index is 0.0295. The summed E-state index contributed by atoms with van der Waals surface area (Å²) in [5, 5.41) is 0. The average molecular weight is 223 g/mol. The highest BCUT2D eigenvalue weighted by Gasteiger charge is 2.24. The van der Waals surface area contributed by atoms with Gasteiger partial charge in [-0.3, -0.25) is 16.3 Å². The van der Waals surface area contributed by atoms with Crippen molar-refractivity contribution < 1.29 is 4.74 Å². The molecule has 1 aromatic rings. The first-order valence-corrected chi connectivity index (χ1v) is 5.51. The molecule has 1 heterocycles. The third-order valence-corrected chi connectivity index (χ3v) is 2.73. The Labute approximate surface area is 97.2 Å². The maximum Gasteiger partial charge on any atom is 0.0802 e. The molecule has 0 amide bonds. The Morgan fingerprint density at radius 1 is 1.38 bits per heavy atom. The summed E-state index contributed by atoms with van der Waals surface area (Å²) in [4.78, 5) is 4.27. The van der Waals surface area contributed by atoms with Gasteiger partial charge in [0.15, 0.2) is 0 Å². The van der Waals surface area contributed by atoms with E-state index in [0.29, 0.717) is 5.92 Å². The zero-order valence-corrected chi connectivity index (χ0v) is 10.4. The molecule has 0 saturated heterocycles. The Kier molecular flexibility index (Phi) is 4.86. The number of nitrogens with zero attached hydrogens (tertiary/aromatic N) is 1. The van der Waals surface area contributed by atoms with Gasteiger partial charge in [0, 0.05) is 19.0 Å². The zero-order valence-electron chi connectivity index (χ0n) is 10.4. The summed E-state index contributed by atoms with van der Waals surface area (Å²) in [5.74, 6) is 5.98. The van der Waals surface area contributed by atoms with E-state index in [9.17, 15) is 0 Å². The van der Waals surface area contributed by atoms with Gasteiger partial charge in [0.1, 0.15) is 0 Å². The molecule has 0 bridgehead atoms. The van der Waals surface area contributed by atoms with E-state index in [-0.39, 0.29) is 12.1 Å². The van der Waals surface area contributed by atoms with Gasteiger partial charge in [0.25, 0.3) is 0 Å². The van der Waals surface area contributed by atoms with Crippen LogP contribution in [-0.2, 0) is 4.74 Å². The van der Waals surface area contributed by atoms with Gasteiger partial charge in [-0.2, -0.15) is 0 Å². The maximum atomic E-state index is 5.60.